The van der Waals surface area contributed by atoms with Crippen LogP contribution in [0.3, 0.4) is 0 Å². The van der Waals surface area contributed by atoms with Gasteiger partial charge in [0.1, 0.15) is 35.7 Å². The van der Waals surface area contributed by atoms with Gasteiger partial charge in [0.05, 0.1) is 11.5 Å². The lowest BCUT2D eigenvalue weighted by atomic mass is 9.79. The standard InChI is InChI=1S/C26H30N6O5/c1-15(33)37-31-30-25(34)17-9-18(10-17)32-12-21(22-23(27)28-14-29-24(22)32)16-3-2-4-20(11-16)35-13-26-7-5-19(36-26)6-8-26/h2-4,11-12,14,17-19,31H,5-10,13H2,1H3,(H,30,34)(H2,27,28,29). The van der Waals surface area contributed by atoms with Crippen molar-refractivity contribution in [2.45, 2.75) is 63.2 Å². The minimum absolute atomic E-state index is 0.0726. The molecule has 1 aliphatic carbocycles. The molecular formula is C26H30N6O5. The Kier molecular flexibility index (Phi) is 5.96. The second kappa shape index (κ2) is 9.31. The van der Waals surface area contributed by atoms with Gasteiger partial charge in [-0.05, 0) is 56.2 Å². The summed E-state index contributed by atoms with van der Waals surface area (Å²) < 4.78 is 14.4. The van der Waals surface area contributed by atoms with Crippen molar-refractivity contribution >= 4 is 28.7 Å². The SMILES string of the molecule is CC(=O)ONNC(=O)C1CC(n2cc(-c3cccc(OCC45CCC(CC4)O5)c3)c3c(N)ncnc32)C1. The minimum Gasteiger partial charge on any atom is -0.491 e. The fourth-order valence-corrected chi connectivity index (χ4v) is 5.74. The Balaban J connectivity index is 1.20. The third kappa shape index (κ3) is 4.49. The van der Waals surface area contributed by atoms with Gasteiger partial charge < -0.3 is 24.6 Å². The number of rotatable bonds is 8. The average molecular weight is 507 g/mol. The summed E-state index contributed by atoms with van der Waals surface area (Å²) in [7, 11) is 0. The number of hydrogen-bond donors (Lipinski definition) is 3. The highest BCUT2D eigenvalue weighted by atomic mass is 16.7. The monoisotopic (exact) mass is 506 g/mol. The number of nitrogens with two attached hydrogens (primary N) is 1. The van der Waals surface area contributed by atoms with E-state index in [1.807, 2.05) is 30.5 Å². The highest BCUT2D eigenvalue weighted by molar-refractivity contribution is 6.00. The van der Waals surface area contributed by atoms with Gasteiger partial charge in [0.15, 0.2) is 0 Å². The molecule has 0 spiro atoms. The minimum atomic E-state index is -0.538. The molecule has 2 saturated heterocycles. The first-order valence-corrected chi connectivity index (χ1v) is 12.7. The van der Waals surface area contributed by atoms with Gasteiger partial charge in [-0.1, -0.05) is 17.7 Å². The van der Waals surface area contributed by atoms with Crippen LogP contribution in [0.1, 0.15) is 51.5 Å². The van der Waals surface area contributed by atoms with Crippen molar-refractivity contribution < 1.29 is 23.9 Å². The van der Waals surface area contributed by atoms with Gasteiger partial charge in [-0.3, -0.25) is 15.0 Å². The van der Waals surface area contributed by atoms with Crippen LogP contribution in [0, 0.1) is 5.92 Å². The highest BCUT2D eigenvalue weighted by Crippen LogP contribution is 2.45. The Hall–Kier alpha value is -3.70. The van der Waals surface area contributed by atoms with Crippen LogP contribution >= 0.6 is 0 Å². The van der Waals surface area contributed by atoms with Gasteiger partial charge in [-0.15, -0.1) is 0 Å². The number of ether oxygens (including phenoxy) is 2. The van der Waals surface area contributed by atoms with Crippen molar-refractivity contribution in [2.24, 2.45) is 5.92 Å². The van der Waals surface area contributed by atoms with Gasteiger partial charge in [0.2, 0.25) is 5.91 Å². The lowest BCUT2D eigenvalue weighted by molar-refractivity contribution is -0.154. The van der Waals surface area contributed by atoms with E-state index in [9.17, 15) is 9.59 Å². The summed E-state index contributed by atoms with van der Waals surface area (Å²) in [4.78, 5) is 36.5. The Labute approximate surface area is 213 Å². The number of anilines is 1. The Bertz CT molecular complexity index is 1340. The van der Waals surface area contributed by atoms with Crippen LogP contribution in [0.25, 0.3) is 22.2 Å². The molecule has 4 heterocycles. The van der Waals surface area contributed by atoms with Crippen LogP contribution in [0.2, 0.25) is 0 Å². The number of carbonyl (C=O) groups is 2. The third-order valence-corrected chi connectivity index (χ3v) is 7.79. The zero-order chi connectivity index (χ0) is 25.6. The predicted molar refractivity (Wildman–Crippen MR) is 134 cm³/mol. The number of hydrazine groups is 1. The van der Waals surface area contributed by atoms with Crippen molar-refractivity contribution in [3.05, 3.63) is 36.8 Å². The second-order valence-electron chi connectivity index (χ2n) is 10.2. The lowest BCUT2D eigenvalue weighted by Crippen LogP contribution is -2.46. The quantitative estimate of drug-likeness (QED) is 0.393. The number of carbonyl (C=O) groups excluding carboxylic acids is 2. The number of aromatic nitrogens is 3. The zero-order valence-electron chi connectivity index (χ0n) is 20.6. The summed E-state index contributed by atoms with van der Waals surface area (Å²) in [5.41, 5.74) is 13.4. The predicted octanol–water partition coefficient (Wildman–Crippen LogP) is 2.82. The van der Waals surface area contributed by atoms with Crippen LogP contribution in [0.15, 0.2) is 36.8 Å². The smallest absolute Gasteiger partial charge is 0.324 e. The Morgan fingerprint density at radius 2 is 2.05 bits per heavy atom. The maximum absolute atomic E-state index is 12.3. The number of hydrogen-bond acceptors (Lipinski definition) is 9. The maximum atomic E-state index is 12.3. The molecule has 1 aromatic carbocycles. The zero-order valence-corrected chi connectivity index (χ0v) is 20.6. The molecule has 0 unspecified atom stereocenters. The molecule has 2 aliphatic heterocycles. The fourth-order valence-electron chi connectivity index (χ4n) is 5.74. The number of fused-ring (bicyclic) bond motifs is 3. The number of nitrogen functional groups attached to an aromatic ring is 1. The molecule has 2 aromatic heterocycles. The first-order valence-electron chi connectivity index (χ1n) is 12.7. The molecule has 4 N–H and O–H groups in total. The number of amides is 1. The van der Waals surface area contributed by atoms with E-state index >= 15 is 0 Å². The summed E-state index contributed by atoms with van der Waals surface area (Å²) >= 11 is 0. The molecule has 0 radical (unpaired) electrons. The van der Waals surface area contributed by atoms with Crippen molar-refractivity contribution in [3.8, 4) is 16.9 Å². The summed E-state index contributed by atoms with van der Waals surface area (Å²) in [6, 6.07) is 8.04. The first-order chi connectivity index (χ1) is 17.9. The third-order valence-electron chi connectivity index (χ3n) is 7.79. The van der Waals surface area contributed by atoms with Crippen molar-refractivity contribution in [3.63, 3.8) is 0 Å². The van der Waals surface area contributed by atoms with Gasteiger partial charge in [0.25, 0.3) is 0 Å². The van der Waals surface area contributed by atoms with E-state index in [1.165, 1.54) is 13.3 Å². The summed E-state index contributed by atoms with van der Waals surface area (Å²) in [6.45, 7) is 1.80. The van der Waals surface area contributed by atoms with Crippen LogP contribution in [0.5, 0.6) is 5.75 Å². The normalized spacial score (nSPS) is 26.1. The topological polar surface area (TPSA) is 143 Å². The Morgan fingerprint density at radius 1 is 1.24 bits per heavy atom. The summed E-state index contributed by atoms with van der Waals surface area (Å²) in [5, 5.41) is 0.778. The number of nitrogens with zero attached hydrogens (tertiary/aromatic N) is 3. The van der Waals surface area contributed by atoms with Crippen LogP contribution < -0.4 is 21.5 Å². The molecule has 37 heavy (non-hydrogen) atoms. The molecular weight excluding hydrogens is 476 g/mol. The number of nitrogens with one attached hydrogen (secondary N) is 2. The van der Waals surface area contributed by atoms with Crippen LogP contribution in [-0.2, 0) is 19.2 Å². The van der Waals surface area contributed by atoms with E-state index in [2.05, 4.69) is 30.4 Å². The van der Waals surface area contributed by atoms with Gasteiger partial charge >= 0.3 is 5.97 Å². The molecule has 6 rings (SSSR count). The van der Waals surface area contributed by atoms with E-state index in [-0.39, 0.29) is 23.5 Å². The van der Waals surface area contributed by atoms with E-state index in [1.54, 1.807) is 0 Å². The first kappa shape index (κ1) is 23.7. The summed E-state index contributed by atoms with van der Waals surface area (Å²) in [5.74, 6) is 0.204. The van der Waals surface area contributed by atoms with Gasteiger partial charge in [0, 0.05) is 30.6 Å². The van der Waals surface area contributed by atoms with E-state index < -0.39 is 5.97 Å². The Morgan fingerprint density at radius 3 is 2.78 bits per heavy atom. The van der Waals surface area contributed by atoms with Crippen molar-refractivity contribution in [2.75, 3.05) is 12.3 Å². The van der Waals surface area contributed by atoms with Gasteiger partial charge in [-0.25, -0.2) is 9.97 Å². The molecule has 194 valence electrons. The molecule has 1 saturated carbocycles. The fraction of sp³-hybridized carbons (Fsp3) is 0.462. The molecule has 11 nitrogen and oxygen atoms in total. The van der Waals surface area contributed by atoms with Crippen molar-refractivity contribution in [1.82, 2.24) is 25.5 Å². The van der Waals surface area contributed by atoms with E-state index in [4.69, 9.17) is 15.2 Å². The van der Waals surface area contributed by atoms with Crippen LogP contribution in [-0.4, -0.2) is 44.7 Å². The lowest BCUT2D eigenvalue weighted by Gasteiger charge is -2.35. The molecule has 1 amide bonds. The molecule has 2 bridgehead atoms. The maximum Gasteiger partial charge on any atom is 0.324 e. The molecule has 0 atom stereocenters. The average Bonchev–Trinajstić information content (AvgIpc) is 3.56. The van der Waals surface area contributed by atoms with Crippen molar-refractivity contribution in [1.29, 1.82) is 0 Å². The van der Waals surface area contributed by atoms with E-state index in [0.29, 0.717) is 31.4 Å². The number of benzene rings is 1. The molecule has 3 aromatic rings. The van der Waals surface area contributed by atoms with Gasteiger partial charge in [-0.2, -0.15) is 0 Å². The highest BCUT2D eigenvalue weighted by Gasteiger charge is 2.46. The van der Waals surface area contributed by atoms with E-state index in [0.717, 1.165) is 53.6 Å². The molecule has 3 fully saturated rings. The largest absolute Gasteiger partial charge is 0.491 e. The van der Waals surface area contributed by atoms with Crippen LogP contribution in [0.4, 0.5) is 5.82 Å². The molecule has 11 heteroatoms. The second-order valence-corrected chi connectivity index (χ2v) is 10.2. The molecule has 3 aliphatic rings. The summed E-state index contributed by atoms with van der Waals surface area (Å²) in [6.07, 6.45) is 9.47.